The molecule has 0 aliphatic rings. The van der Waals surface area contributed by atoms with Gasteiger partial charge in [-0.05, 0) is 58.5 Å². The van der Waals surface area contributed by atoms with Gasteiger partial charge >= 0.3 is 0 Å². The largest absolute Gasteiger partial charge is 0.380 e. The summed E-state index contributed by atoms with van der Waals surface area (Å²) < 4.78 is 6.36. The molecule has 1 aromatic heterocycles. The fourth-order valence-corrected chi connectivity index (χ4v) is 2.67. The summed E-state index contributed by atoms with van der Waals surface area (Å²) >= 11 is 14.3. The van der Waals surface area contributed by atoms with Gasteiger partial charge in [0.15, 0.2) is 11.6 Å². The molecule has 0 saturated heterocycles. The summed E-state index contributed by atoms with van der Waals surface area (Å²) in [6.45, 7) is 0. The number of nitrogens with zero attached hydrogens (tertiary/aromatic N) is 1. The highest BCUT2D eigenvalue weighted by atomic mass is 127. The Morgan fingerprint density at radius 1 is 1.00 bits per heavy atom. The summed E-state index contributed by atoms with van der Waals surface area (Å²) in [5.41, 5.74) is 8.40. The monoisotopic (exact) mass is 430 g/mol. The number of hydrogen-bond acceptors (Lipinski definition) is 3. The first-order valence-electron chi connectivity index (χ1n) is 6.03. The number of anilines is 1. The zero-order valence-electron chi connectivity index (χ0n) is 10.6. The van der Waals surface area contributed by atoms with Gasteiger partial charge < -0.3 is 10.3 Å². The zero-order valence-corrected chi connectivity index (χ0v) is 14.3. The Morgan fingerprint density at radius 2 is 1.67 bits per heavy atom. The predicted molar refractivity (Wildman–Crippen MR) is 94.5 cm³/mol. The molecule has 0 radical (unpaired) electrons. The highest BCUT2D eigenvalue weighted by Gasteiger charge is 2.18. The fourth-order valence-electron chi connectivity index (χ4n) is 2.03. The van der Waals surface area contributed by atoms with Crippen molar-refractivity contribution in [1.29, 1.82) is 0 Å². The van der Waals surface area contributed by atoms with Crippen LogP contribution in [0.5, 0.6) is 0 Å². The average molecular weight is 431 g/mol. The number of nitrogens with two attached hydrogens (primary N) is 1. The Hall–Kier alpha value is -1.24. The molecule has 1 heterocycles. The number of nitrogen functional groups attached to an aromatic ring is 1. The quantitative estimate of drug-likeness (QED) is 0.546. The molecule has 106 valence electrons. The zero-order chi connectivity index (χ0) is 15.0. The van der Waals surface area contributed by atoms with Crippen molar-refractivity contribution in [2.45, 2.75) is 0 Å². The van der Waals surface area contributed by atoms with E-state index in [1.807, 2.05) is 30.3 Å². The SMILES string of the molecule is Nc1noc(-c2ccc(I)c(Cl)c2)c1-c1ccc(Cl)cc1. The van der Waals surface area contributed by atoms with E-state index in [1.165, 1.54) is 0 Å². The lowest BCUT2D eigenvalue weighted by Gasteiger charge is -2.04. The highest BCUT2D eigenvalue weighted by Crippen LogP contribution is 2.38. The van der Waals surface area contributed by atoms with Crippen molar-refractivity contribution < 1.29 is 4.52 Å². The molecule has 0 aliphatic carbocycles. The predicted octanol–water partition coefficient (Wildman–Crippen LogP) is 5.50. The van der Waals surface area contributed by atoms with Crippen LogP contribution in [-0.2, 0) is 0 Å². The first-order valence-corrected chi connectivity index (χ1v) is 7.86. The van der Waals surface area contributed by atoms with Gasteiger partial charge in [-0.1, -0.05) is 40.5 Å². The van der Waals surface area contributed by atoms with Gasteiger partial charge in [-0.15, -0.1) is 0 Å². The van der Waals surface area contributed by atoms with Crippen molar-refractivity contribution in [3.8, 4) is 22.5 Å². The van der Waals surface area contributed by atoms with Crippen LogP contribution in [0, 0.1) is 3.57 Å². The maximum absolute atomic E-state index is 6.17. The maximum Gasteiger partial charge on any atom is 0.176 e. The molecule has 6 heteroatoms. The molecular weight excluding hydrogens is 422 g/mol. The van der Waals surface area contributed by atoms with Gasteiger partial charge in [-0.25, -0.2) is 0 Å². The Morgan fingerprint density at radius 3 is 2.33 bits per heavy atom. The number of aromatic nitrogens is 1. The molecule has 0 aliphatic heterocycles. The average Bonchev–Trinajstić information content (AvgIpc) is 2.85. The smallest absolute Gasteiger partial charge is 0.176 e. The summed E-state index contributed by atoms with van der Waals surface area (Å²) in [5, 5.41) is 5.19. The van der Waals surface area contributed by atoms with E-state index in [1.54, 1.807) is 12.1 Å². The first-order chi connectivity index (χ1) is 10.1. The van der Waals surface area contributed by atoms with Crippen LogP contribution in [0.2, 0.25) is 10.0 Å². The Labute approximate surface area is 145 Å². The van der Waals surface area contributed by atoms with Crippen molar-refractivity contribution in [1.82, 2.24) is 5.16 Å². The molecule has 3 nitrogen and oxygen atoms in total. The van der Waals surface area contributed by atoms with Crippen LogP contribution >= 0.6 is 45.8 Å². The van der Waals surface area contributed by atoms with Gasteiger partial charge in [-0.3, -0.25) is 0 Å². The number of rotatable bonds is 2. The van der Waals surface area contributed by atoms with Gasteiger partial charge in [0.05, 0.1) is 10.6 Å². The molecule has 0 atom stereocenters. The van der Waals surface area contributed by atoms with Crippen molar-refractivity contribution >= 4 is 51.6 Å². The molecule has 2 N–H and O–H groups in total. The lowest BCUT2D eigenvalue weighted by atomic mass is 10.0. The normalized spacial score (nSPS) is 10.8. The van der Waals surface area contributed by atoms with Gasteiger partial charge in [0.1, 0.15) is 0 Å². The van der Waals surface area contributed by atoms with E-state index >= 15 is 0 Å². The minimum absolute atomic E-state index is 0.335. The van der Waals surface area contributed by atoms with E-state index in [2.05, 4.69) is 27.7 Å². The summed E-state index contributed by atoms with van der Waals surface area (Å²) in [4.78, 5) is 0. The van der Waals surface area contributed by atoms with Crippen molar-refractivity contribution in [3.63, 3.8) is 0 Å². The second-order valence-electron chi connectivity index (χ2n) is 4.41. The third kappa shape index (κ3) is 2.88. The number of halogens is 3. The van der Waals surface area contributed by atoms with Crippen LogP contribution in [-0.4, -0.2) is 5.16 Å². The molecule has 0 bridgehead atoms. The molecule has 0 unspecified atom stereocenters. The third-order valence-corrected chi connectivity index (χ3v) is 4.86. The molecule has 0 amide bonds. The summed E-state index contributed by atoms with van der Waals surface area (Å²) in [6, 6.07) is 13.0. The molecule has 0 fully saturated rings. The molecular formula is C15H9Cl2IN2O. The number of benzene rings is 2. The molecule has 3 rings (SSSR count). The highest BCUT2D eigenvalue weighted by molar-refractivity contribution is 14.1. The van der Waals surface area contributed by atoms with Crippen molar-refractivity contribution in [2.75, 3.05) is 5.73 Å². The number of hydrogen-bond donors (Lipinski definition) is 1. The lowest BCUT2D eigenvalue weighted by molar-refractivity contribution is 0.436. The van der Waals surface area contributed by atoms with Crippen LogP contribution in [0.15, 0.2) is 47.0 Å². The second kappa shape index (κ2) is 5.87. The summed E-state index contributed by atoms with van der Waals surface area (Å²) in [6.07, 6.45) is 0. The van der Waals surface area contributed by atoms with Gasteiger partial charge in [0.25, 0.3) is 0 Å². The molecule has 3 aromatic rings. The minimum Gasteiger partial charge on any atom is -0.380 e. The Bertz CT molecular complexity index is 800. The molecule has 0 spiro atoms. The Kier molecular flexibility index (Phi) is 4.10. The summed E-state index contributed by atoms with van der Waals surface area (Å²) in [7, 11) is 0. The van der Waals surface area contributed by atoms with Crippen LogP contribution in [0.4, 0.5) is 5.82 Å². The van der Waals surface area contributed by atoms with Crippen LogP contribution in [0.25, 0.3) is 22.5 Å². The molecule has 21 heavy (non-hydrogen) atoms. The lowest BCUT2D eigenvalue weighted by Crippen LogP contribution is -1.89. The van der Waals surface area contributed by atoms with E-state index in [4.69, 9.17) is 33.5 Å². The second-order valence-corrected chi connectivity index (χ2v) is 6.41. The van der Waals surface area contributed by atoms with Crippen LogP contribution < -0.4 is 5.73 Å². The maximum atomic E-state index is 6.17. The third-order valence-electron chi connectivity index (χ3n) is 3.03. The van der Waals surface area contributed by atoms with Gasteiger partial charge in [0.2, 0.25) is 0 Å². The van der Waals surface area contributed by atoms with E-state index in [-0.39, 0.29) is 0 Å². The molecule has 0 saturated carbocycles. The van der Waals surface area contributed by atoms with Crippen LogP contribution in [0.1, 0.15) is 0 Å². The molecule has 2 aromatic carbocycles. The van der Waals surface area contributed by atoms with Crippen molar-refractivity contribution in [2.24, 2.45) is 0 Å². The standard InChI is InChI=1S/C15H9Cl2IN2O/c16-10-4-1-8(2-5-10)13-14(21-20-15(13)19)9-3-6-12(18)11(17)7-9/h1-7H,(H2,19,20). The van der Waals surface area contributed by atoms with E-state index in [0.29, 0.717) is 21.6 Å². The minimum atomic E-state index is 0.335. The first kappa shape index (κ1) is 14.7. The Balaban J connectivity index is 2.16. The summed E-state index contributed by atoms with van der Waals surface area (Å²) in [5.74, 6) is 0.926. The topological polar surface area (TPSA) is 52.0 Å². The van der Waals surface area contributed by atoms with E-state index < -0.39 is 0 Å². The van der Waals surface area contributed by atoms with E-state index in [0.717, 1.165) is 20.3 Å². The van der Waals surface area contributed by atoms with Gasteiger partial charge in [-0.2, -0.15) is 0 Å². The van der Waals surface area contributed by atoms with Gasteiger partial charge in [0, 0.05) is 14.2 Å². The fraction of sp³-hybridized carbons (Fsp3) is 0. The van der Waals surface area contributed by atoms with Crippen molar-refractivity contribution in [3.05, 3.63) is 56.1 Å². The van der Waals surface area contributed by atoms with Crippen LogP contribution in [0.3, 0.4) is 0 Å². The van der Waals surface area contributed by atoms with E-state index in [9.17, 15) is 0 Å².